The van der Waals surface area contributed by atoms with E-state index in [9.17, 15) is 9.90 Å². The molecule has 0 spiro atoms. The molecule has 124 valence electrons. The van der Waals surface area contributed by atoms with Crippen LogP contribution in [0.15, 0.2) is 41.2 Å². The van der Waals surface area contributed by atoms with Crippen LogP contribution in [0.4, 0.5) is 0 Å². The third-order valence-corrected chi connectivity index (χ3v) is 3.86. The molecule has 0 unspecified atom stereocenters. The molecule has 2 aromatic carbocycles. The molecule has 0 bridgehead atoms. The van der Waals surface area contributed by atoms with Crippen molar-refractivity contribution < 1.29 is 19.3 Å². The van der Waals surface area contributed by atoms with Gasteiger partial charge in [-0.05, 0) is 30.3 Å². The fraction of sp³-hybridized carbons (Fsp3) is 0.167. The molecule has 0 fully saturated rings. The summed E-state index contributed by atoms with van der Waals surface area (Å²) in [4.78, 5) is 15.6. The smallest absolute Gasteiger partial charge is 0.231 e. The van der Waals surface area contributed by atoms with E-state index >= 15 is 0 Å². The molecule has 0 amide bonds. The van der Waals surface area contributed by atoms with Crippen molar-refractivity contribution in [1.82, 2.24) is 4.98 Å². The van der Waals surface area contributed by atoms with Crippen LogP contribution < -0.4 is 19.6 Å². The zero-order chi connectivity index (χ0) is 17.3. The third-order valence-electron chi connectivity index (χ3n) is 3.86. The Hall–Kier alpha value is -3.15. The van der Waals surface area contributed by atoms with E-state index in [-0.39, 0.29) is 5.75 Å². The topological polar surface area (TPSA) is 80.8 Å². The highest BCUT2D eigenvalue weighted by Gasteiger charge is 2.16. The Bertz CT molecular complexity index is 944. The van der Waals surface area contributed by atoms with Crippen molar-refractivity contribution in [2.45, 2.75) is 0 Å². The molecule has 0 radical (unpaired) electrons. The van der Waals surface area contributed by atoms with E-state index in [0.29, 0.717) is 39.4 Å². The number of ether oxygens (including phenoxy) is 3. The molecule has 0 aliphatic heterocycles. The van der Waals surface area contributed by atoms with Crippen LogP contribution in [-0.2, 0) is 0 Å². The number of hydrogen-bond acceptors (Lipinski definition) is 5. The second-order valence-electron chi connectivity index (χ2n) is 5.16. The quantitative estimate of drug-likeness (QED) is 0.770. The van der Waals surface area contributed by atoms with Crippen LogP contribution in [0.3, 0.4) is 0 Å². The van der Waals surface area contributed by atoms with Crippen molar-refractivity contribution in [3.63, 3.8) is 0 Å². The first-order valence-corrected chi connectivity index (χ1v) is 7.24. The first-order valence-electron chi connectivity index (χ1n) is 7.24. The van der Waals surface area contributed by atoms with Crippen LogP contribution in [0.1, 0.15) is 0 Å². The summed E-state index contributed by atoms with van der Waals surface area (Å²) in [7, 11) is 4.58. The van der Waals surface area contributed by atoms with E-state index < -0.39 is 5.43 Å². The van der Waals surface area contributed by atoms with Crippen LogP contribution in [-0.4, -0.2) is 31.4 Å². The number of methoxy groups -OCH3 is 3. The third kappa shape index (κ3) is 2.52. The summed E-state index contributed by atoms with van der Waals surface area (Å²) >= 11 is 0. The lowest BCUT2D eigenvalue weighted by atomic mass is 10.1. The first-order chi connectivity index (χ1) is 11.6. The summed E-state index contributed by atoms with van der Waals surface area (Å²) in [6, 6.07) is 10.2. The number of aromatic nitrogens is 1. The molecular weight excluding hydrogens is 310 g/mol. The van der Waals surface area contributed by atoms with E-state index in [1.54, 1.807) is 43.5 Å². The van der Waals surface area contributed by atoms with Gasteiger partial charge in [-0.15, -0.1) is 0 Å². The van der Waals surface area contributed by atoms with Gasteiger partial charge in [0.05, 0.1) is 37.9 Å². The van der Waals surface area contributed by atoms with E-state index in [2.05, 4.69) is 4.98 Å². The molecule has 3 rings (SSSR count). The normalized spacial score (nSPS) is 10.6. The van der Waals surface area contributed by atoms with Crippen molar-refractivity contribution >= 4 is 10.9 Å². The van der Waals surface area contributed by atoms with Gasteiger partial charge in [-0.25, -0.2) is 0 Å². The van der Waals surface area contributed by atoms with Gasteiger partial charge in [-0.1, -0.05) is 0 Å². The second kappa shape index (κ2) is 6.16. The first kappa shape index (κ1) is 15.7. The highest BCUT2D eigenvalue weighted by molar-refractivity contribution is 5.87. The van der Waals surface area contributed by atoms with Gasteiger partial charge in [0.25, 0.3) is 0 Å². The molecule has 0 aliphatic rings. The summed E-state index contributed by atoms with van der Waals surface area (Å²) in [5.74, 6) is 1.26. The molecule has 1 aromatic heterocycles. The Morgan fingerprint density at radius 2 is 1.54 bits per heavy atom. The molecule has 0 aliphatic carbocycles. The zero-order valence-corrected chi connectivity index (χ0v) is 13.5. The highest BCUT2D eigenvalue weighted by Crippen LogP contribution is 2.33. The number of nitrogens with one attached hydrogen (secondary N) is 1. The molecule has 0 saturated heterocycles. The molecule has 1 heterocycles. The Morgan fingerprint density at radius 3 is 2.12 bits per heavy atom. The lowest BCUT2D eigenvalue weighted by Crippen LogP contribution is -2.06. The molecule has 6 nitrogen and oxygen atoms in total. The Kier molecular flexibility index (Phi) is 4.04. The lowest BCUT2D eigenvalue weighted by Gasteiger charge is -2.12. The van der Waals surface area contributed by atoms with Crippen molar-refractivity contribution in [3.8, 4) is 34.3 Å². The summed E-state index contributed by atoms with van der Waals surface area (Å²) < 4.78 is 15.6. The van der Waals surface area contributed by atoms with Gasteiger partial charge in [-0.2, -0.15) is 0 Å². The fourth-order valence-electron chi connectivity index (χ4n) is 2.57. The molecule has 6 heteroatoms. The predicted octanol–water partition coefficient (Wildman–Crippen LogP) is 2.93. The molecule has 24 heavy (non-hydrogen) atoms. The van der Waals surface area contributed by atoms with Crippen LogP contribution >= 0.6 is 0 Å². The number of rotatable bonds is 4. The van der Waals surface area contributed by atoms with Crippen LogP contribution in [0.5, 0.6) is 23.0 Å². The van der Waals surface area contributed by atoms with E-state index in [1.165, 1.54) is 14.2 Å². The van der Waals surface area contributed by atoms with Crippen molar-refractivity contribution in [1.29, 1.82) is 0 Å². The number of fused-ring (bicyclic) bond motifs is 1. The van der Waals surface area contributed by atoms with Gasteiger partial charge in [0.15, 0.2) is 17.2 Å². The summed E-state index contributed by atoms with van der Waals surface area (Å²) in [5, 5.41) is 10.6. The van der Waals surface area contributed by atoms with Crippen molar-refractivity contribution in [2.24, 2.45) is 0 Å². The van der Waals surface area contributed by atoms with E-state index in [0.717, 1.165) is 0 Å². The number of hydrogen-bond donors (Lipinski definition) is 2. The predicted molar refractivity (Wildman–Crippen MR) is 91.3 cm³/mol. The largest absolute Gasteiger partial charge is 0.503 e. The molecule has 0 saturated carbocycles. The molecular formula is C18H17NO5. The van der Waals surface area contributed by atoms with Gasteiger partial charge in [-0.3, -0.25) is 4.79 Å². The van der Waals surface area contributed by atoms with Crippen LogP contribution in [0.25, 0.3) is 22.2 Å². The van der Waals surface area contributed by atoms with Gasteiger partial charge >= 0.3 is 0 Å². The minimum absolute atomic E-state index is 0.322. The van der Waals surface area contributed by atoms with E-state index in [1.807, 2.05) is 0 Å². The summed E-state index contributed by atoms with van der Waals surface area (Å²) in [6.07, 6.45) is 0. The summed E-state index contributed by atoms with van der Waals surface area (Å²) in [5.41, 5.74) is 1.07. The SMILES string of the molecule is COc1ccc(-c2[nH]c3cc(OC)c(OC)cc3c(=O)c2O)cc1. The van der Waals surface area contributed by atoms with Crippen LogP contribution in [0.2, 0.25) is 0 Å². The zero-order valence-electron chi connectivity index (χ0n) is 13.5. The second-order valence-corrected chi connectivity index (χ2v) is 5.16. The molecule has 2 N–H and O–H groups in total. The van der Waals surface area contributed by atoms with E-state index in [4.69, 9.17) is 14.2 Å². The average molecular weight is 327 g/mol. The monoisotopic (exact) mass is 327 g/mol. The maximum atomic E-state index is 12.5. The average Bonchev–Trinajstić information content (AvgIpc) is 2.63. The molecule has 3 aromatic rings. The Balaban J connectivity index is 2.26. The Labute approximate surface area is 138 Å². The van der Waals surface area contributed by atoms with Gasteiger partial charge in [0.2, 0.25) is 5.43 Å². The van der Waals surface area contributed by atoms with Crippen LogP contribution in [0, 0.1) is 0 Å². The maximum absolute atomic E-state index is 12.5. The summed E-state index contributed by atoms with van der Waals surface area (Å²) in [6.45, 7) is 0. The number of aromatic amines is 1. The minimum atomic E-state index is -0.476. The van der Waals surface area contributed by atoms with Gasteiger partial charge in [0.1, 0.15) is 5.75 Å². The maximum Gasteiger partial charge on any atom is 0.231 e. The van der Waals surface area contributed by atoms with Crippen molar-refractivity contribution in [3.05, 3.63) is 46.6 Å². The van der Waals surface area contributed by atoms with Gasteiger partial charge < -0.3 is 24.3 Å². The van der Waals surface area contributed by atoms with Crippen molar-refractivity contribution in [2.75, 3.05) is 21.3 Å². The number of pyridine rings is 1. The number of benzene rings is 2. The highest BCUT2D eigenvalue weighted by atomic mass is 16.5. The lowest BCUT2D eigenvalue weighted by molar-refractivity contribution is 0.355. The number of aromatic hydroxyl groups is 1. The molecule has 0 atom stereocenters. The number of H-pyrrole nitrogens is 1. The minimum Gasteiger partial charge on any atom is -0.503 e. The fourth-order valence-corrected chi connectivity index (χ4v) is 2.57. The van der Waals surface area contributed by atoms with Gasteiger partial charge in [0, 0.05) is 11.6 Å². The standard InChI is InChI=1S/C18H17NO5/c1-22-11-6-4-10(5-7-11)16-18(21)17(20)12-8-14(23-2)15(24-3)9-13(12)19-16/h4-9,21H,1-3H3,(H,19,20). The Morgan fingerprint density at radius 1 is 0.917 bits per heavy atom.